The molecule has 0 atom stereocenters. The number of guanidine groups is 1. The van der Waals surface area contributed by atoms with Crippen molar-refractivity contribution in [3.63, 3.8) is 0 Å². The average molecular weight is 328 g/mol. The van der Waals surface area contributed by atoms with Gasteiger partial charge in [0.25, 0.3) is 0 Å². The highest BCUT2D eigenvalue weighted by atomic mass is 15.3. The Morgan fingerprint density at radius 3 is 2.67 bits per heavy atom. The van der Waals surface area contributed by atoms with E-state index in [9.17, 15) is 0 Å². The second kappa shape index (κ2) is 9.70. The molecule has 0 unspecified atom stereocenters. The average Bonchev–Trinajstić information content (AvgIpc) is 3.11. The Labute approximate surface area is 144 Å². The molecule has 0 saturated carbocycles. The molecule has 0 aliphatic heterocycles. The highest BCUT2D eigenvalue weighted by Crippen LogP contribution is 2.07. The molecular formula is C18H28N6. The molecule has 0 radical (unpaired) electrons. The number of aromatic nitrogens is 3. The molecule has 2 aromatic rings. The molecular weight excluding hydrogens is 300 g/mol. The van der Waals surface area contributed by atoms with E-state index in [0.717, 1.165) is 25.6 Å². The SMILES string of the molecule is CCC(CC)CNC(=NC)NCc1cccc(Cn2cncn2)c1. The maximum atomic E-state index is 4.30. The summed E-state index contributed by atoms with van der Waals surface area (Å²) in [5.74, 6) is 1.54. The van der Waals surface area contributed by atoms with E-state index in [1.807, 2.05) is 11.7 Å². The Hall–Kier alpha value is -2.37. The number of nitrogens with one attached hydrogen (secondary N) is 2. The van der Waals surface area contributed by atoms with E-state index in [1.165, 1.54) is 24.0 Å². The van der Waals surface area contributed by atoms with Crippen LogP contribution in [0.5, 0.6) is 0 Å². The van der Waals surface area contributed by atoms with E-state index in [0.29, 0.717) is 5.92 Å². The monoisotopic (exact) mass is 328 g/mol. The third-order valence-electron chi connectivity index (χ3n) is 4.20. The Bertz CT molecular complexity index is 616. The minimum Gasteiger partial charge on any atom is -0.356 e. The highest BCUT2D eigenvalue weighted by molar-refractivity contribution is 5.79. The first-order valence-electron chi connectivity index (χ1n) is 8.59. The standard InChI is InChI=1S/C18H28N6/c1-4-15(5-2)10-21-18(19-3)22-11-16-7-6-8-17(9-16)12-24-14-20-13-23-24/h6-9,13-15H,4-5,10-12H2,1-3H3,(H2,19,21,22). The maximum Gasteiger partial charge on any atom is 0.191 e. The molecule has 0 bridgehead atoms. The largest absolute Gasteiger partial charge is 0.356 e. The van der Waals surface area contributed by atoms with Crippen molar-refractivity contribution in [2.45, 2.75) is 39.8 Å². The fraction of sp³-hybridized carbons (Fsp3) is 0.500. The Morgan fingerprint density at radius 1 is 1.21 bits per heavy atom. The van der Waals surface area contributed by atoms with Crippen molar-refractivity contribution < 1.29 is 0 Å². The van der Waals surface area contributed by atoms with Crippen molar-refractivity contribution in [1.29, 1.82) is 0 Å². The summed E-state index contributed by atoms with van der Waals surface area (Å²) in [6.07, 6.45) is 5.66. The second-order valence-electron chi connectivity index (χ2n) is 5.90. The van der Waals surface area contributed by atoms with Crippen LogP contribution in [0.4, 0.5) is 0 Å². The van der Waals surface area contributed by atoms with Crippen molar-refractivity contribution in [1.82, 2.24) is 25.4 Å². The van der Waals surface area contributed by atoms with Gasteiger partial charge < -0.3 is 10.6 Å². The number of hydrogen-bond acceptors (Lipinski definition) is 3. The lowest BCUT2D eigenvalue weighted by Crippen LogP contribution is -2.39. The number of nitrogens with zero attached hydrogens (tertiary/aromatic N) is 4. The molecule has 2 N–H and O–H groups in total. The molecule has 2 rings (SSSR count). The number of benzene rings is 1. The lowest BCUT2D eigenvalue weighted by molar-refractivity contribution is 0.481. The second-order valence-corrected chi connectivity index (χ2v) is 5.90. The van der Waals surface area contributed by atoms with Gasteiger partial charge >= 0.3 is 0 Å². The predicted molar refractivity (Wildman–Crippen MR) is 97.8 cm³/mol. The van der Waals surface area contributed by atoms with Gasteiger partial charge in [-0.15, -0.1) is 0 Å². The van der Waals surface area contributed by atoms with Crippen LogP contribution in [0.3, 0.4) is 0 Å². The molecule has 6 nitrogen and oxygen atoms in total. The van der Waals surface area contributed by atoms with Crippen LogP contribution in [0.15, 0.2) is 41.9 Å². The van der Waals surface area contributed by atoms with Crippen LogP contribution in [0.1, 0.15) is 37.8 Å². The Balaban J connectivity index is 1.86. The van der Waals surface area contributed by atoms with Crippen LogP contribution in [0.25, 0.3) is 0 Å². The molecule has 130 valence electrons. The number of hydrogen-bond donors (Lipinski definition) is 2. The van der Waals surface area contributed by atoms with Crippen molar-refractivity contribution in [2.75, 3.05) is 13.6 Å². The number of aliphatic imine (C=N–C) groups is 1. The molecule has 6 heteroatoms. The molecule has 0 amide bonds. The zero-order chi connectivity index (χ0) is 17.2. The molecule has 24 heavy (non-hydrogen) atoms. The lowest BCUT2D eigenvalue weighted by atomic mass is 10.0. The van der Waals surface area contributed by atoms with Crippen LogP contribution in [0, 0.1) is 5.92 Å². The summed E-state index contributed by atoms with van der Waals surface area (Å²) in [6, 6.07) is 8.48. The van der Waals surface area contributed by atoms with Crippen LogP contribution in [-0.4, -0.2) is 34.3 Å². The quantitative estimate of drug-likeness (QED) is 0.577. The fourth-order valence-electron chi connectivity index (χ4n) is 2.56. The van der Waals surface area contributed by atoms with Gasteiger partial charge in [0, 0.05) is 20.1 Å². The summed E-state index contributed by atoms with van der Waals surface area (Å²) in [7, 11) is 1.81. The van der Waals surface area contributed by atoms with Crippen molar-refractivity contribution in [2.24, 2.45) is 10.9 Å². The summed E-state index contributed by atoms with van der Waals surface area (Å²) in [6.45, 7) is 6.89. The van der Waals surface area contributed by atoms with Crippen molar-refractivity contribution in [3.8, 4) is 0 Å². The third kappa shape index (κ3) is 5.68. The number of rotatable bonds is 8. The molecule has 0 saturated heterocycles. The molecule has 0 aliphatic rings. The minimum absolute atomic E-state index is 0.689. The Kier molecular flexibility index (Phi) is 7.26. The van der Waals surface area contributed by atoms with Gasteiger partial charge in [-0.25, -0.2) is 9.67 Å². The van der Waals surface area contributed by atoms with Gasteiger partial charge in [-0.3, -0.25) is 4.99 Å². The summed E-state index contributed by atoms with van der Waals surface area (Å²) in [5.41, 5.74) is 2.43. The van der Waals surface area contributed by atoms with E-state index in [2.05, 4.69) is 63.8 Å². The molecule has 0 spiro atoms. The zero-order valence-electron chi connectivity index (χ0n) is 14.9. The van der Waals surface area contributed by atoms with E-state index in [4.69, 9.17) is 0 Å². The normalized spacial score (nSPS) is 11.8. The maximum absolute atomic E-state index is 4.30. The summed E-state index contributed by atoms with van der Waals surface area (Å²) in [4.78, 5) is 8.27. The molecule has 0 fully saturated rings. The van der Waals surface area contributed by atoms with Crippen molar-refractivity contribution >= 4 is 5.96 Å². The lowest BCUT2D eigenvalue weighted by Gasteiger charge is -2.17. The van der Waals surface area contributed by atoms with Crippen LogP contribution >= 0.6 is 0 Å². The Morgan fingerprint density at radius 2 is 2.00 bits per heavy atom. The van der Waals surface area contributed by atoms with Crippen LogP contribution in [0.2, 0.25) is 0 Å². The smallest absolute Gasteiger partial charge is 0.191 e. The first-order chi connectivity index (χ1) is 11.7. The first kappa shape index (κ1) is 18.0. The first-order valence-corrected chi connectivity index (χ1v) is 8.59. The van der Waals surface area contributed by atoms with Gasteiger partial charge in [-0.1, -0.05) is 51.0 Å². The van der Waals surface area contributed by atoms with Crippen molar-refractivity contribution in [3.05, 3.63) is 48.0 Å². The fourth-order valence-corrected chi connectivity index (χ4v) is 2.56. The summed E-state index contributed by atoms with van der Waals surface area (Å²) in [5, 5.41) is 10.9. The summed E-state index contributed by atoms with van der Waals surface area (Å²) >= 11 is 0. The van der Waals surface area contributed by atoms with E-state index in [1.54, 1.807) is 12.7 Å². The van der Waals surface area contributed by atoms with Crippen LogP contribution in [-0.2, 0) is 13.1 Å². The molecule has 1 aromatic carbocycles. The van der Waals surface area contributed by atoms with E-state index >= 15 is 0 Å². The topological polar surface area (TPSA) is 67.1 Å². The minimum atomic E-state index is 0.689. The molecule has 1 aromatic heterocycles. The molecule has 1 heterocycles. The zero-order valence-corrected chi connectivity index (χ0v) is 14.9. The van der Waals surface area contributed by atoms with E-state index in [-0.39, 0.29) is 0 Å². The van der Waals surface area contributed by atoms with Gasteiger partial charge in [0.15, 0.2) is 5.96 Å². The van der Waals surface area contributed by atoms with Gasteiger partial charge in [0.1, 0.15) is 12.7 Å². The predicted octanol–water partition coefficient (Wildman–Crippen LogP) is 2.43. The third-order valence-corrected chi connectivity index (χ3v) is 4.20. The van der Waals surface area contributed by atoms with Gasteiger partial charge in [0.05, 0.1) is 6.54 Å². The van der Waals surface area contributed by atoms with E-state index < -0.39 is 0 Å². The highest BCUT2D eigenvalue weighted by Gasteiger charge is 2.05. The van der Waals surface area contributed by atoms with Gasteiger partial charge in [-0.05, 0) is 17.0 Å². The molecule has 0 aliphatic carbocycles. The summed E-state index contributed by atoms with van der Waals surface area (Å²) < 4.78 is 1.82. The van der Waals surface area contributed by atoms with Crippen LogP contribution < -0.4 is 10.6 Å². The van der Waals surface area contributed by atoms with Gasteiger partial charge in [-0.2, -0.15) is 5.10 Å². The van der Waals surface area contributed by atoms with Gasteiger partial charge in [0.2, 0.25) is 0 Å².